The van der Waals surface area contributed by atoms with Crippen LogP contribution < -0.4 is 4.90 Å². The third-order valence-electron chi connectivity index (χ3n) is 3.87. The van der Waals surface area contributed by atoms with Crippen molar-refractivity contribution in [3.8, 4) is 0 Å². The van der Waals surface area contributed by atoms with Crippen molar-refractivity contribution in [1.29, 1.82) is 0 Å². The molecular formula is C16H22N2O3. The first-order valence-electron chi connectivity index (χ1n) is 7.17. The van der Waals surface area contributed by atoms with E-state index in [2.05, 4.69) is 0 Å². The summed E-state index contributed by atoms with van der Waals surface area (Å²) in [5, 5.41) is 0. The maximum Gasteiger partial charge on any atom is 0.310 e. The van der Waals surface area contributed by atoms with Crippen LogP contribution in [0.1, 0.15) is 23.2 Å². The molecule has 1 amide bonds. The van der Waals surface area contributed by atoms with E-state index in [0.29, 0.717) is 18.7 Å². The first kappa shape index (κ1) is 15.4. The van der Waals surface area contributed by atoms with Gasteiger partial charge in [-0.3, -0.25) is 9.59 Å². The van der Waals surface area contributed by atoms with Gasteiger partial charge in [-0.15, -0.1) is 0 Å². The lowest BCUT2D eigenvalue weighted by atomic mass is 9.97. The summed E-state index contributed by atoms with van der Waals surface area (Å²) in [5.74, 6) is -0.446. The minimum absolute atomic E-state index is 0.0195. The summed E-state index contributed by atoms with van der Waals surface area (Å²) in [4.78, 5) is 27.9. The molecule has 1 aromatic carbocycles. The first-order valence-corrected chi connectivity index (χ1v) is 7.17. The Bertz CT molecular complexity index is 511. The first-order chi connectivity index (χ1) is 10.0. The molecule has 0 saturated carbocycles. The lowest BCUT2D eigenvalue weighted by Gasteiger charge is -2.31. The van der Waals surface area contributed by atoms with Gasteiger partial charge in [0.05, 0.1) is 13.0 Å². The lowest BCUT2D eigenvalue weighted by Crippen LogP contribution is -2.42. The maximum absolute atomic E-state index is 12.5. The van der Waals surface area contributed by atoms with E-state index >= 15 is 0 Å². The predicted octanol–water partition coefficient (Wildman–Crippen LogP) is 1.78. The number of rotatable bonds is 3. The fraction of sp³-hybridized carbons (Fsp3) is 0.500. The van der Waals surface area contributed by atoms with Crippen LogP contribution in [0.15, 0.2) is 24.3 Å². The number of hydrogen-bond donors (Lipinski definition) is 0. The number of ether oxygens (including phenoxy) is 1. The van der Waals surface area contributed by atoms with Crippen molar-refractivity contribution in [2.24, 2.45) is 5.92 Å². The number of carbonyl (C=O) groups excluding carboxylic acids is 2. The molecular weight excluding hydrogens is 268 g/mol. The number of amides is 1. The van der Waals surface area contributed by atoms with Crippen LogP contribution in [0.25, 0.3) is 0 Å². The molecule has 0 aliphatic carbocycles. The molecule has 1 atom stereocenters. The smallest absolute Gasteiger partial charge is 0.310 e. The van der Waals surface area contributed by atoms with Crippen LogP contribution >= 0.6 is 0 Å². The van der Waals surface area contributed by atoms with Crippen LogP contribution in [0.5, 0.6) is 0 Å². The van der Waals surface area contributed by atoms with Crippen molar-refractivity contribution in [2.75, 3.05) is 39.2 Å². The minimum Gasteiger partial charge on any atom is -0.469 e. The summed E-state index contributed by atoms with van der Waals surface area (Å²) in [5.41, 5.74) is 1.71. The van der Waals surface area contributed by atoms with Gasteiger partial charge in [0.15, 0.2) is 0 Å². The number of piperidine rings is 1. The third-order valence-corrected chi connectivity index (χ3v) is 3.87. The van der Waals surface area contributed by atoms with E-state index < -0.39 is 0 Å². The van der Waals surface area contributed by atoms with Gasteiger partial charge in [0.2, 0.25) is 0 Å². The highest BCUT2D eigenvalue weighted by Crippen LogP contribution is 2.20. The number of anilines is 1. The number of hydrogen-bond acceptors (Lipinski definition) is 4. The van der Waals surface area contributed by atoms with Crippen LogP contribution in [0.3, 0.4) is 0 Å². The second-order valence-electron chi connectivity index (χ2n) is 5.55. The molecule has 21 heavy (non-hydrogen) atoms. The highest BCUT2D eigenvalue weighted by Gasteiger charge is 2.29. The number of methoxy groups -OCH3 is 1. The molecule has 114 valence electrons. The molecule has 1 saturated heterocycles. The molecule has 0 aromatic heterocycles. The second-order valence-corrected chi connectivity index (χ2v) is 5.55. The van der Waals surface area contributed by atoms with E-state index in [1.54, 1.807) is 4.90 Å². The number of benzene rings is 1. The third kappa shape index (κ3) is 3.54. The van der Waals surface area contributed by atoms with Gasteiger partial charge in [-0.2, -0.15) is 0 Å². The molecule has 0 spiro atoms. The van der Waals surface area contributed by atoms with Crippen molar-refractivity contribution in [3.05, 3.63) is 29.8 Å². The van der Waals surface area contributed by atoms with E-state index in [1.807, 2.05) is 43.3 Å². The number of nitrogens with zero attached hydrogens (tertiary/aromatic N) is 2. The van der Waals surface area contributed by atoms with Crippen LogP contribution in [-0.4, -0.2) is 51.1 Å². The SMILES string of the molecule is COC(=O)[C@H]1CCCN(C(=O)c2ccc(N(C)C)cc2)C1. The van der Waals surface area contributed by atoms with Crippen molar-refractivity contribution in [2.45, 2.75) is 12.8 Å². The van der Waals surface area contributed by atoms with Gasteiger partial charge in [0, 0.05) is 38.4 Å². The van der Waals surface area contributed by atoms with E-state index in [-0.39, 0.29) is 17.8 Å². The van der Waals surface area contributed by atoms with E-state index in [4.69, 9.17) is 4.74 Å². The van der Waals surface area contributed by atoms with Gasteiger partial charge >= 0.3 is 5.97 Å². The molecule has 1 aromatic rings. The Morgan fingerprint density at radius 3 is 2.48 bits per heavy atom. The Hall–Kier alpha value is -2.04. The van der Waals surface area contributed by atoms with E-state index in [1.165, 1.54) is 7.11 Å². The highest BCUT2D eigenvalue weighted by molar-refractivity contribution is 5.95. The molecule has 0 unspecified atom stereocenters. The summed E-state index contributed by atoms with van der Waals surface area (Å²) >= 11 is 0. The molecule has 1 aliphatic rings. The molecule has 0 N–H and O–H groups in total. The van der Waals surface area contributed by atoms with Crippen LogP contribution in [0, 0.1) is 5.92 Å². The number of esters is 1. The average molecular weight is 290 g/mol. The lowest BCUT2D eigenvalue weighted by molar-refractivity contribution is -0.146. The Balaban J connectivity index is 2.06. The zero-order chi connectivity index (χ0) is 15.4. The minimum atomic E-state index is -0.226. The zero-order valence-corrected chi connectivity index (χ0v) is 12.8. The summed E-state index contributed by atoms with van der Waals surface area (Å²) in [6.45, 7) is 1.14. The molecule has 5 nitrogen and oxygen atoms in total. The van der Waals surface area contributed by atoms with Gasteiger partial charge in [-0.1, -0.05) is 0 Å². The highest BCUT2D eigenvalue weighted by atomic mass is 16.5. The fourth-order valence-corrected chi connectivity index (χ4v) is 2.61. The van der Waals surface area contributed by atoms with Gasteiger partial charge in [0.25, 0.3) is 5.91 Å². The van der Waals surface area contributed by atoms with Crippen molar-refractivity contribution < 1.29 is 14.3 Å². The molecule has 0 radical (unpaired) electrons. The summed E-state index contributed by atoms with van der Waals surface area (Å²) < 4.78 is 4.78. The normalized spacial score (nSPS) is 18.2. The predicted molar refractivity (Wildman–Crippen MR) is 81.4 cm³/mol. The Morgan fingerprint density at radius 2 is 1.90 bits per heavy atom. The van der Waals surface area contributed by atoms with E-state index in [0.717, 1.165) is 18.5 Å². The van der Waals surface area contributed by atoms with Crippen molar-refractivity contribution >= 4 is 17.6 Å². The summed E-state index contributed by atoms with van der Waals surface area (Å²) in [6.07, 6.45) is 1.62. The monoisotopic (exact) mass is 290 g/mol. The summed E-state index contributed by atoms with van der Waals surface area (Å²) in [7, 11) is 5.31. The van der Waals surface area contributed by atoms with E-state index in [9.17, 15) is 9.59 Å². The second kappa shape index (κ2) is 6.61. The molecule has 2 rings (SSSR count). The number of carbonyl (C=O) groups is 2. The molecule has 1 aliphatic heterocycles. The summed E-state index contributed by atoms with van der Waals surface area (Å²) in [6, 6.07) is 7.52. The number of likely N-dealkylation sites (tertiary alicyclic amines) is 1. The van der Waals surface area contributed by atoms with Gasteiger partial charge in [-0.05, 0) is 37.1 Å². The van der Waals surface area contributed by atoms with Gasteiger partial charge in [-0.25, -0.2) is 0 Å². The molecule has 5 heteroatoms. The largest absolute Gasteiger partial charge is 0.469 e. The standard InChI is InChI=1S/C16H22N2O3/c1-17(2)14-8-6-12(7-9-14)15(19)18-10-4-5-13(11-18)16(20)21-3/h6-9,13H,4-5,10-11H2,1-3H3/t13-/m0/s1. The average Bonchev–Trinajstić information content (AvgIpc) is 2.53. The topological polar surface area (TPSA) is 49.9 Å². The quantitative estimate of drug-likeness (QED) is 0.796. The maximum atomic E-state index is 12.5. The van der Waals surface area contributed by atoms with Gasteiger partial charge < -0.3 is 14.5 Å². The van der Waals surface area contributed by atoms with Crippen molar-refractivity contribution in [1.82, 2.24) is 4.90 Å². The van der Waals surface area contributed by atoms with Crippen LogP contribution in [0.2, 0.25) is 0 Å². The fourth-order valence-electron chi connectivity index (χ4n) is 2.61. The van der Waals surface area contributed by atoms with Crippen LogP contribution in [0.4, 0.5) is 5.69 Å². The Labute approximate surface area is 125 Å². The molecule has 1 fully saturated rings. The Morgan fingerprint density at radius 1 is 1.24 bits per heavy atom. The molecule has 1 heterocycles. The molecule has 0 bridgehead atoms. The van der Waals surface area contributed by atoms with Gasteiger partial charge in [0.1, 0.15) is 0 Å². The Kier molecular flexibility index (Phi) is 4.83. The van der Waals surface area contributed by atoms with Crippen molar-refractivity contribution in [3.63, 3.8) is 0 Å². The van der Waals surface area contributed by atoms with Crippen LogP contribution in [-0.2, 0) is 9.53 Å². The zero-order valence-electron chi connectivity index (χ0n) is 12.8.